The van der Waals surface area contributed by atoms with E-state index < -0.39 is 0 Å². The molecule has 0 aromatic rings. The van der Waals surface area contributed by atoms with Crippen LogP contribution in [0.25, 0.3) is 0 Å². The van der Waals surface area contributed by atoms with E-state index in [2.05, 4.69) is 78.3 Å². The van der Waals surface area contributed by atoms with Crippen molar-refractivity contribution in [2.75, 3.05) is 19.6 Å². The summed E-state index contributed by atoms with van der Waals surface area (Å²) in [6.07, 6.45) is 32.1. The van der Waals surface area contributed by atoms with Gasteiger partial charge in [0, 0.05) is 13.0 Å². The van der Waals surface area contributed by atoms with Gasteiger partial charge in [-0.15, -0.1) is 0 Å². The monoisotopic (exact) mass is 398 g/mol. The van der Waals surface area contributed by atoms with Crippen molar-refractivity contribution in [3.63, 3.8) is 0 Å². The lowest BCUT2D eigenvalue weighted by Gasteiger charge is -2.22. The Kier molecular flexibility index (Phi) is 16.9. The van der Waals surface area contributed by atoms with Gasteiger partial charge in [-0.1, -0.05) is 67.7 Å². The highest BCUT2D eigenvalue weighted by Gasteiger charge is 2.13. The maximum Gasteiger partial charge on any atom is 0.220 e. The molecule has 0 radical (unpaired) electrons. The molecule has 3 heteroatoms. The Morgan fingerprint density at radius 3 is 1.90 bits per heavy atom. The predicted molar refractivity (Wildman–Crippen MR) is 127 cm³/mol. The van der Waals surface area contributed by atoms with Gasteiger partial charge in [0.25, 0.3) is 0 Å². The standard InChI is InChI=1S/C26H42N2O/c1-2-3-4-5-6-7-8-9-10-11-12-13-14-15-16-17-18-19-26(29)28-24-25-20-22-27-23-21-25/h3-4,6-7,9-10,12-13,15-16,25,27H,2,5,8,11,14,17-24H2,1H3,(H,28,29)/b4-3-,7-6-,10-9-,13-12-,16-15-. The van der Waals surface area contributed by atoms with E-state index in [1.165, 1.54) is 12.8 Å². The van der Waals surface area contributed by atoms with E-state index in [1.807, 2.05) is 0 Å². The highest BCUT2D eigenvalue weighted by Crippen LogP contribution is 2.10. The van der Waals surface area contributed by atoms with Gasteiger partial charge in [-0.05, 0) is 76.8 Å². The van der Waals surface area contributed by atoms with Crippen molar-refractivity contribution in [1.29, 1.82) is 0 Å². The Morgan fingerprint density at radius 2 is 1.34 bits per heavy atom. The minimum atomic E-state index is 0.205. The van der Waals surface area contributed by atoms with Gasteiger partial charge in [-0.25, -0.2) is 0 Å². The molecule has 1 aliphatic rings. The number of hydrogen-bond donors (Lipinski definition) is 2. The van der Waals surface area contributed by atoms with Crippen LogP contribution in [-0.4, -0.2) is 25.5 Å². The summed E-state index contributed by atoms with van der Waals surface area (Å²) in [6.45, 7) is 5.18. The van der Waals surface area contributed by atoms with E-state index >= 15 is 0 Å². The van der Waals surface area contributed by atoms with E-state index in [9.17, 15) is 4.79 Å². The number of amides is 1. The average Bonchev–Trinajstić information content (AvgIpc) is 2.75. The van der Waals surface area contributed by atoms with E-state index in [4.69, 9.17) is 0 Å². The highest BCUT2D eigenvalue weighted by atomic mass is 16.1. The molecule has 0 bridgehead atoms. The zero-order chi connectivity index (χ0) is 20.8. The largest absolute Gasteiger partial charge is 0.356 e. The van der Waals surface area contributed by atoms with Crippen molar-refractivity contribution >= 4 is 5.91 Å². The van der Waals surface area contributed by atoms with Gasteiger partial charge in [0.2, 0.25) is 5.91 Å². The van der Waals surface area contributed by atoms with Crippen LogP contribution in [0.4, 0.5) is 0 Å². The van der Waals surface area contributed by atoms with Crippen LogP contribution in [0.5, 0.6) is 0 Å². The number of rotatable bonds is 15. The number of allylic oxidation sites excluding steroid dienone is 10. The van der Waals surface area contributed by atoms with Crippen LogP contribution in [0.15, 0.2) is 60.8 Å². The Morgan fingerprint density at radius 1 is 0.828 bits per heavy atom. The van der Waals surface area contributed by atoms with Gasteiger partial charge in [0.1, 0.15) is 0 Å². The number of hydrogen-bond acceptors (Lipinski definition) is 2. The van der Waals surface area contributed by atoms with E-state index in [0.717, 1.165) is 64.6 Å². The molecule has 1 amide bonds. The number of nitrogens with one attached hydrogen (secondary N) is 2. The van der Waals surface area contributed by atoms with Gasteiger partial charge >= 0.3 is 0 Å². The molecule has 0 spiro atoms. The van der Waals surface area contributed by atoms with Gasteiger partial charge in [0.05, 0.1) is 0 Å². The molecule has 3 nitrogen and oxygen atoms in total. The van der Waals surface area contributed by atoms with Crippen molar-refractivity contribution in [3.05, 3.63) is 60.8 Å². The first-order valence-corrected chi connectivity index (χ1v) is 11.5. The van der Waals surface area contributed by atoms with E-state index in [-0.39, 0.29) is 5.91 Å². The Hall–Kier alpha value is -1.87. The minimum absolute atomic E-state index is 0.205. The summed E-state index contributed by atoms with van der Waals surface area (Å²) in [7, 11) is 0. The molecular formula is C26H42N2O. The van der Waals surface area contributed by atoms with Crippen LogP contribution < -0.4 is 10.6 Å². The fourth-order valence-corrected chi connectivity index (χ4v) is 3.18. The highest BCUT2D eigenvalue weighted by molar-refractivity contribution is 5.75. The molecule has 0 atom stereocenters. The average molecular weight is 399 g/mol. The van der Waals surface area contributed by atoms with Crippen molar-refractivity contribution in [3.8, 4) is 0 Å². The van der Waals surface area contributed by atoms with Crippen molar-refractivity contribution in [1.82, 2.24) is 10.6 Å². The predicted octanol–water partition coefficient (Wildman–Crippen LogP) is 6.02. The number of carbonyl (C=O) groups is 1. The molecule has 2 N–H and O–H groups in total. The second-order valence-electron chi connectivity index (χ2n) is 7.60. The summed E-state index contributed by atoms with van der Waals surface area (Å²) < 4.78 is 0. The minimum Gasteiger partial charge on any atom is -0.356 e. The fourth-order valence-electron chi connectivity index (χ4n) is 3.18. The lowest BCUT2D eigenvalue weighted by atomic mass is 9.98. The molecule has 1 heterocycles. The van der Waals surface area contributed by atoms with Crippen LogP contribution in [0.1, 0.15) is 71.1 Å². The summed E-state index contributed by atoms with van der Waals surface area (Å²) in [4.78, 5) is 11.9. The summed E-state index contributed by atoms with van der Waals surface area (Å²) in [5.74, 6) is 0.863. The Bertz CT molecular complexity index is 537. The number of unbranched alkanes of at least 4 members (excludes halogenated alkanes) is 1. The van der Waals surface area contributed by atoms with Gasteiger partial charge in [0.15, 0.2) is 0 Å². The van der Waals surface area contributed by atoms with Crippen molar-refractivity contribution in [2.24, 2.45) is 5.92 Å². The molecule has 0 saturated carbocycles. The van der Waals surface area contributed by atoms with Gasteiger partial charge < -0.3 is 10.6 Å². The summed E-state index contributed by atoms with van der Waals surface area (Å²) in [5.41, 5.74) is 0. The Balaban J connectivity index is 1.91. The first-order chi connectivity index (χ1) is 14.3. The molecule has 0 aromatic heterocycles. The SMILES string of the molecule is CC/C=C\C/C=C\C/C=C\C/C=C\C/C=C\CCCC(=O)NCC1CCNCC1. The smallest absolute Gasteiger partial charge is 0.220 e. The maximum absolute atomic E-state index is 11.9. The zero-order valence-electron chi connectivity index (χ0n) is 18.5. The lowest BCUT2D eigenvalue weighted by Crippen LogP contribution is -2.35. The summed E-state index contributed by atoms with van der Waals surface area (Å²) in [5, 5.41) is 6.45. The quantitative estimate of drug-likeness (QED) is 0.261. The van der Waals surface area contributed by atoms with Crippen LogP contribution in [0, 0.1) is 5.92 Å². The second-order valence-corrected chi connectivity index (χ2v) is 7.60. The van der Waals surface area contributed by atoms with Crippen molar-refractivity contribution < 1.29 is 4.79 Å². The van der Waals surface area contributed by atoms with Crippen LogP contribution >= 0.6 is 0 Å². The number of piperidine rings is 1. The van der Waals surface area contributed by atoms with E-state index in [1.54, 1.807) is 0 Å². The van der Waals surface area contributed by atoms with Crippen LogP contribution in [0.2, 0.25) is 0 Å². The molecule has 1 rings (SSSR count). The third kappa shape index (κ3) is 16.8. The maximum atomic E-state index is 11.9. The molecule has 162 valence electrons. The molecule has 0 unspecified atom stereocenters. The molecular weight excluding hydrogens is 356 g/mol. The van der Waals surface area contributed by atoms with E-state index in [0.29, 0.717) is 12.3 Å². The normalized spacial score (nSPS) is 16.3. The first kappa shape index (κ1) is 25.2. The zero-order valence-corrected chi connectivity index (χ0v) is 18.5. The third-order valence-corrected chi connectivity index (χ3v) is 4.98. The lowest BCUT2D eigenvalue weighted by molar-refractivity contribution is -0.121. The second kappa shape index (κ2) is 19.4. The Labute approximate surface area is 179 Å². The molecule has 1 fully saturated rings. The first-order valence-electron chi connectivity index (χ1n) is 11.5. The fraction of sp³-hybridized carbons (Fsp3) is 0.577. The molecule has 1 saturated heterocycles. The van der Waals surface area contributed by atoms with Gasteiger partial charge in [-0.2, -0.15) is 0 Å². The topological polar surface area (TPSA) is 41.1 Å². The van der Waals surface area contributed by atoms with Crippen LogP contribution in [-0.2, 0) is 4.79 Å². The summed E-state index contributed by atoms with van der Waals surface area (Å²) >= 11 is 0. The van der Waals surface area contributed by atoms with Gasteiger partial charge in [-0.3, -0.25) is 4.79 Å². The molecule has 29 heavy (non-hydrogen) atoms. The third-order valence-electron chi connectivity index (χ3n) is 4.98. The van der Waals surface area contributed by atoms with Crippen LogP contribution in [0.3, 0.4) is 0 Å². The number of carbonyl (C=O) groups excluding carboxylic acids is 1. The molecule has 0 aliphatic carbocycles. The van der Waals surface area contributed by atoms with Crippen molar-refractivity contribution in [2.45, 2.75) is 71.1 Å². The molecule has 1 aliphatic heterocycles. The molecule has 0 aromatic carbocycles. The summed E-state index contributed by atoms with van der Waals surface area (Å²) in [6, 6.07) is 0.